The number of hydrogen-bond acceptors (Lipinski definition) is 1. The molecular weight excluding hydrogens is 194 g/mol. The Morgan fingerprint density at radius 3 is 1.64 bits per heavy atom. The quantitative estimate of drug-likeness (QED) is 0.594. The molecule has 0 aliphatic heterocycles. The fraction of sp³-hybridized carbons (Fsp3) is 0.833. The van der Waals surface area contributed by atoms with Gasteiger partial charge in [-0.25, -0.2) is 0 Å². The van der Waals surface area contributed by atoms with Gasteiger partial charge in [-0.2, -0.15) is 0 Å². The van der Waals surface area contributed by atoms with Crippen LogP contribution in [0.1, 0.15) is 59.3 Å². The lowest BCUT2D eigenvalue weighted by molar-refractivity contribution is 0.476. The lowest BCUT2D eigenvalue weighted by Crippen LogP contribution is -2.01. The van der Waals surface area contributed by atoms with E-state index in [2.05, 4.69) is 27.4 Å². The van der Waals surface area contributed by atoms with Gasteiger partial charge in [-0.3, -0.25) is 0 Å². The third kappa shape index (κ3) is 10.1. The van der Waals surface area contributed by atoms with Crippen LogP contribution in [0.5, 0.6) is 0 Å². The van der Waals surface area contributed by atoms with Gasteiger partial charge >= 0.3 is 0 Å². The van der Waals surface area contributed by atoms with Gasteiger partial charge in [-0.15, -0.1) is 12.4 Å². The highest BCUT2D eigenvalue weighted by atomic mass is 35.5. The first-order chi connectivity index (χ1) is 5.72. The molecule has 88 valence electrons. The number of rotatable bonds is 7. The summed E-state index contributed by atoms with van der Waals surface area (Å²) in [7, 11) is 0. The van der Waals surface area contributed by atoms with E-state index in [1.807, 2.05) is 0 Å². The maximum Gasteiger partial charge on any atom is -0.0209 e. The third-order valence-corrected chi connectivity index (χ3v) is 2.51. The van der Waals surface area contributed by atoms with Crippen molar-refractivity contribution < 1.29 is 0 Å². The van der Waals surface area contributed by atoms with Crippen LogP contribution in [0.4, 0.5) is 0 Å². The highest BCUT2D eigenvalue weighted by Crippen LogP contribution is 2.22. The van der Waals surface area contributed by atoms with Gasteiger partial charge in [0, 0.05) is 0 Å². The molecule has 0 aliphatic rings. The van der Waals surface area contributed by atoms with Crippen molar-refractivity contribution in [2.24, 2.45) is 5.92 Å². The first-order valence-corrected chi connectivity index (χ1v) is 5.37. The molecule has 0 fully saturated rings. The van der Waals surface area contributed by atoms with E-state index in [1.54, 1.807) is 0 Å². The summed E-state index contributed by atoms with van der Waals surface area (Å²) in [6.07, 6.45) is 8.06. The van der Waals surface area contributed by atoms with Crippen molar-refractivity contribution in [1.29, 1.82) is 0 Å². The van der Waals surface area contributed by atoms with Gasteiger partial charge in [0.25, 0.3) is 0 Å². The minimum atomic E-state index is 0. The summed E-state index contributed by atoms with van der Waals surface area (Å²) in [6.45, 7) is 10.8. The van der Waals surface area contributed by atoms with Gasteiger partial charge in [-0.05, 0) is 25.7 Å². The highest BCUT2D eigenvalue weighted by molar-refractivity contribution is 5.85. The zero-order valence-electron chi connectivity index (χ0n) is 10.1. The summed E-state index contributed by atoms with van der Waals surface area (Å²) in [5.41, 5.74) is 1.39. The second-order valence-electron chi connectivity index (χ2n) is 3.83. The van der Waals surface area contributed by atoms with Crippen LogP contribution in [0.25, 0.3) is 0 Å². The second-order valence-corrected chi connectivity index (χ2v) is 3.83. The molecule has 1 nitrogen and oxygen atoms in total. The van der Waals surface area contributed by atoms with Gasteiger partial charge in [0.05, 0.1) is 0 Å². The highest BCUT2D eigenvalue weighted by Gasteiger charge is 2.07. The lowest BCUT2D eigenvalue weighted by atomic mass is 9.90. The van der Waals surface area contributed by atoms with Gasteiger partial charge in [-0.1, -0.05) is 51.7 Å². The molecule has 0 heterocycles. The molecule has 0 atom stereocenters. The molecule has 0 rings (SSSR count). The third-order valence-electron chi connectivity index (χ3n) is 2.51. The summed E-state index contributed by atoms with van der Waals surface area (Å²) in [5, 5.41) is 0. The van der Waals surface area contributed by atoms with E-state index >= 15 is 0 Å². The van der Waals surface area contributed by atoms with Crippen LogP contribution in [-0.2, 0) is 0 Å². The van der Waals surface area contributed by atoms with Crippen LogP contribution >= 0.6 is 12.4 Å². The molecule has 0 saturated carbocycles. The normalized spacial score (nSPS) is 9.14. The van der Waals surface area contributed by atoms with Crippen molar-refractivity contribution in [2.45, 2.75) is 59.3 Å². The molecule has 0 unspecified atom stereocenters. The SMILES string of the molecule is C=C(C)C(CCCC)CCCC.Cl.N. The Kier molecular flexibility index (Phi) is 18.1. The summed E-state index contributed by atoms with van der Waals surface area (Å²) < 4.78 is 0. The topological polar surface area (TPSA) is 35.0 Å². The number of unbranched alkanes of at least 4 members (excludes halogenated alkanes) is 2. The molecule has 2 heteroatoms. The molecule has 0 spiro atoms. The average molecular weight is 222 g/mol. The summed E-state index contributed by atoms with van der Waals surface area (Å²) in [5.74, 6) is 0.796. The molecule has 0 radical (unpaired) electrons. The molecule has 0 aromatic carbocycles. The molecule has 0 saturated heterocycles. The molecule has 0 aromatic heterocycles. The first kappa shape index (κ1) is 19.5. The van der Waals surface area contributed by atoms with E-state index in [-0.39, 0.29) is 18.6 Å². The number of allylic oxidation sites excluding steroid dienone is 1. The molecular formula is C12H28ClN. The Morgan fingerprint density at radius 1 is 1.07 bits per heavy atom. The Labute approximate surface area is 96.4 Å². The largest absolute Gasteiger partial charge is 0.344 e. The summed E-state index contributed by atoms with van der Waals surface area (Å²) >= 11 is 0. The predicted octanol–water partition coefficient (Wildman–Crippen LogP) is 5.14. The molecule has 14 heavy (non-hydrogen) atoms. The smallest absolute Gasteiger partial charge is 0.0209 e. The Bertz CT molecular complexity index is 115. The number of halogens is 1. The lowest BCUT2D eigenvalue weighted by Gasteiger charge is -2.15. The maximum absolute atomic E-state index is 4.06. The number of hydrogen-bond donors (Lipinski definition) is 1. The van der Waals surface area contributed by atoms with E-state index in [1.165, 1.54) is 44.1 Å². The second kappa shape index (κ2) is 13.0. The fourth-order valence-corrected chi connectivity index (χ4v) is 1.54. The van der Waals surface area contributed by atoms with E-state index < -0.39 is 0 Å². The zero-order chi connectivity index (χ0) is 9.40. The molecule has 0 aliphatic carbocycles. The van der Waals surface area contributed by atoms with E-state index in [4.69, 9.17) is 0 Å². The Morgan fingerprint density at radius 2 is 1.43 bits per heavy atom. The molecule has 0 amide bonds. The van der Waals surface area contributed by atoms with Crippen molar-refractivity contribution in [3.63, 3.8) is 0 Å². The monoisotopic (exact) mass is 221 g/mol. The minimum Gasteiger partial charge on any atom is -0.344 e. The van der Waals surface area contributed by atoms with Crippen molar-refractivity contribution >= 4 is 12.4 Å². The van der Waals surface area contributed by atoms with Crippen LogP contribution in [0, 0.1) is 5.92 Å². The maximum atomic E-state index is 4.06. The van der Waals surface area contributed by atoms with Crippen LogP contribution < -0.4 is 6.15 Å². The van der Waals surface area contributed by atoms with Crippen molar-refractivity contribution in [3.05, 3.63) is 12.2 Å². The van der Waals surface area contributed by atoms with Gasteiger partial charge in [0.1, 0.15) is 0 Å². The standard InChI is InChI=1S/C12H24.ClH.H3N/c1-5-7-9-12(11(3)4)10-8-6-2;;/h12H,3,5-10H2,1-2,4H3;1H;1H3. The van der Waals surface area contributed by atoms with Gasteiger partial charge in [0.2, 0.25) is 0 Å². The Balaban J connectivity index is -0.000000605. The minimum absolute atomic E-state index is 0. The summed E-state index contributed by atoms with van der Waals surface area (Å²) in [6, 6.07) is 0. The van der Waals surface area contributed by atoms with Gasteiger partial charge < -0.3 is 6.15 Å². The van der Waals surface area contributed by atoms with Crippen molar-refractivity contribution in [1.82, 2.24) is 6.15 Å². The molecule has 3 N–H and O–H groups in total. The zero-order valence-corrected chi connectivity index (χ0v) is 11.0. The van der Waals surface area contributed by atoms with Crippen LogP contribution in [-0.4, -0.2) is 0 Å². The van der Waals surface area contributed by atoms with E-state index in [9.17, 15) is 0 Å². The molecule has 0 aromatic rings. The van der Waals surface area contributed by atoms with Crippen LogP contribution in [0.3, 0.4) is 0 Å². The fourth-order valence-electron chi connectivity index (χ4n) is 1.54. The summed E-state index contributed by atoms with van der Waals surface area (Å²) in [4.78, 5) is 0. The molecule has 0 bridgehead atoms. The average Bonchev–Trinajstić information content (AvgIpc) is 2.04. The van der Waals surface area contributed by atoms with E-state index in [0.29, 0.717) is 0 Å². The van der Waals surface area contributed by atoms with Crippen molar-refractivity contribution in [3.8, 4) is 0 Å². The predicted molar refractivity (Wildman–Crippen MR) is 69.6 cm³/mol. The van der Waals surface area contributed by atoms with Crippen LogP contribution in [0.15, 0.2) is 12.2 Å². The Hall–Kier alpha value is -0.0100. The van der Waals surface area contributed by atoms with Crippen LogP contribution in [0.2, 0.25) is 0 Å². The van der Waals surface area contributed by atoms with Crippen molar-refractivity contribution in [2.75, 3.05) is 0 Å². The first-order valence-electron chi connectivity index (χ1n) is 5.37. The van der Waals surface area contributed by atoms with E-state index in [0.717, 1.165) is 5.92 Å². The van der Waals surface area contributed by atoms with Gasteiger partial charge in [0.15, 0.2) is 0 Å².